The lowest BCUT2D eigenvalue weighted by molar-refractivity contribution is -0.253. The van der Waals surface area contributed by atoms with Crippen LogP contribution >= 0.6 is 23.4 Å². The number of fused-ring (bicyclic) bond motifs is 1. The van der Waals surface area contributed by atoms with Crippen molar-refractivity contribution in [3.05, 3.63) is 41.0 Å². The molecule has 1 atom stereocenters. The second kappa shape index (κ2) is 7.51. The van der Waals surface area contributed by atoms with Crippen LogP contribution in [0, 0.1) is 0 Å². The molecule has 29 heavy (non-hydrogen) atoms. The van der Waals surface area contributed by atoms with Crippen molar-refractivity contribution in [3.63, 3.8) is 0 Å². The smallest absolute Gasteiger partial charge is 0.326 e. The zero-order chi connectivity index (χ0) is 20.8. The number of nitrogens with zero attached hydrogens (tertiary/aromatic N) is 4. The minimum absolute atomic E-state index is 0.346. The molecule has 1 unspecified atom stereocenters. The summed E-state index contributed by atoms with van der Waals surface area (Å²) in [6.07, 6.45) is -5.92. The Kier molecular flexibility index (Phi) is 5.18. The predicted octanol–water partition coefficient (Wildman–Crippen LogP) is 5.32. The van der Waals surface area contributed by atoms with E-state index in [1.54, 1.807) is 36.0 Å². The second-order valence-electron chi connectivity index (χ2n) is 6.12. The quantitative estimate of drug-likeness (QED) is 0.311. The van der Waals surface area contributed by atoms with Gasteiger partial charge in [0.05, 0.1) is 11.0 Å². The van der Waals surface area contributed by atoms with Crippen molar-refractivity contribution in [2.45, 2.75) is 24.2 Å². The van der Waals surface area contributed by atoms with Crippen molar-refractivity contribution in [2.75, 3.05) is 5.75 Å². The average Bonchev–Trinajstić information content (AvgIpc) is 3.28. The largest absolute Gasteiger partial charge is 0.472 e. The SMILES string of the molecule is CCSc1ccc(Cl)nc1-c1nc2cc(C3N=C(C(F)(F)F)OO3)ccc2n1C. The van der Waals surface area contributed by atoms with Crippen LogP contribution in [0.5, 0.6) is 0 Å². The van der Waals surface area contributed by atoms with Gasteiger partial charge in [-0.05, 0) is 30.0 Å². The maximum Gasteiger partial charge on any atom is 0.472 e. The van der Waals surface area contributed by atoms with Crippen molar-refractivity contribution in [1.82, 2.24) is 14.5 Å². The summed E-state index contributed by atoms with van der Waals surface area (Å²) >= 11 is 7.70. The minimum Gasteiger partial charge on any atom is -0.326 e. The standard InChI is InChI=1S/C18H14ClF3N4O2S/c1-3-29-12-6-7-13(19)24-14(12)15-23-10-8-9(4-5-11(10)26(15)2)16-25-17(28-27-16)18(20,21)22/h4-8,16H,3H2,1-2H3. The first-order chi connectivity index (χ1) is 13.8. The molecule has 0 bridgehead atoms. The van der Waals surface area contributed by atoms with Gasteiger partial charge in [-0.15, -0.1) is 11.8 Å². The summed E-state index contributed by atoms with van der Waals surface area (Å²) in [5.41, 5.74) is 2.37. The monoisotopic (exact) mass is 442 g/mol. The predicted molar refractivity (Wildman–Crippen MR) is 104 cm³/mol. The molecule has 0 radical (unpaired) electrons. The van der Waals surface area contributed by atoms with Gasteiger partial charge in [-0.3, -0.25) is 0 Å². The summed E-state index contributed by atoms with van der Waals surface area (Å²) in [4.78, 5) is 22.4. The molecule has 3 heterocycles. The summed E-state index contributed by atoms with van der Waals surface area (Å²) in [7, 11) is 1.84. The van der Waals surface area contributed by atoms with E-state index in [1.807, 2.05) is 24.6 Å². The normalized spacial score (nSPS) is 16.9. The molecule has 3 aromatic rings. The molecule has 1 aliphatic heterocycles. The third-order valence-corrected chi connectivity index (χ3v) is 5.36. The molecule has 0 saturated carbocycles. The molecule has 11 heteroatoms. The molecule has 0 aliphatic carbocycles. The van der Waals surface area contributed by atoms with Crippen molar-refractivity contribution >= 4 is 40.3 Å². The number of aryl methyl sites for hydroxylation is 1. The number of rotatable bonds is 4. The highest BCUT2D eigenvalue weighted by Gasteiger charge is 2.44. The van der Waals surface area contributed by atoms with Crippen LogP contribution in [0.4, 0.5) is 13.2 Å². The number of halogens is 4. The topological polar surface area (TPSA) is 61.5 Å². The fraction of sp³-hybridized carbons (Fsp3) is 0.278. The van der Waals surface area contributed by atoms with Gasteiger partial charge in [0, 0.05) is 17.5 Å². The number of imidazole rings is 1. The van der Waals surface area contributed by atoms with E-state index in [2.05, 4.69) is 19.8 Å². The third kappa shape index (κ3) is 3.79. The molecule has 1 aliphatic rings. The molecule has 2 aromatic heterocycles. The molecule has 1 aromatic carbocycles. The maximum absolute atomic E-state index is 12.7. The van der Waals surface area contributed by atoms with Gasteiger partial charge >= 0.3 is 12.1 Å². The van der Waals surface area contributed by atoms with Crippen LogP contribution in [0.1, 0.15) is 18.7 Å². The summed E-state index contributed by atoms with van der Waals surface area (Å²) in [5.74, 6) is 0.0375. The summed E-state index contributed by atoms with van der Waals surface area (Å²) in [5, 5.41) is 0.346. The van der Waals surface area contributed by atoms with Gasteiger partial charge in [0.25, 0.3) is 0 Å². The second-order valence-corrected chi connectivity index (χ2v) is 7.81. The highest BCUT2D eigenvalue weighted by molar-refractivity contribution is 7.99. The van der Waals surface area contributed by atoms with Gasteiger partial charge in [0.15, 0.2) is 5.82 Å². The van der Waals surface area contributed by atoms with Gasteiger partial charge in [-0.1, -0.05) is 24.6 Å². The van der Waals surface area contributed by atoms with E-state index in [4.69, 9.17) is 16.5 Å². The molecule has 0 saturated heterocycles. The first-order valence-electron chi connectivity index (χ1n) is 8.52. The van der Waals surface area contributed by atoms with E-state index in [1.165, 1.54) is 0 Å². The number of benzene rings is 1. The Morgan fingerprint density at radius 1 is 1.21 bits per heavy atom. The molecular formula is C18H14ClF3N4O2S. The van der Waals surface area contributed by atoms with E-state index in [0.29, 0.717) is 27.8 Å². The van der Waals surface area contributed by atoms with E-state index in [0.717, 1.165) is 16.2 Å². The average molecular weight is 443 g/mol. The molecule has 0 amide bonds. The van der Waals surface area contributed by atoms with Gasteiger partial charge in [-0.25, -0.2) is 15.0 Å². The number of aliphatic imine (C=N–C) groups is 1. The lowest BCUT2D eigenvalue weighted by atomic mass is 10.2. The van der Waals surface area contributed by atoms with E-state index >= 15 is 0 Å². The fourth-order valence-corrected chi connectivity index (χ4v) is 3.82. The van der Waals surface area contributed by atoms with Gasteiger partial charge in [0.2, 0.25) is 6.23 Å². The molecule has 4 rings (SSSR count). The van der Waals surface area contributed by atoms with Crippen LogP contribution in [-0.2, 0) is 16.8 Å². The van der Waals surface area contributed by atoms with Crippen molar-refractivity contribution in [2.24, 2.45) is 12.0 Å². The molecule has 0 N–H and O–H groups in total. The summed E-state index contributed by atoms with van der Waals surface area (Å²) in [6.45, 7) is 2.03. The zero-order valence-electron chi connectivity index (χ0n) is 15.2. The number of hydrogen-bond acceptors (Lipinski definition) is 6. The summed E-state index contributed by atoms with van der Waals surface area (Å²) < 4.78 is 40.0. The van der Waals surface area contributed by atoms with E-state index in [9.17, 15) is 13.2 Å². The first-order valence-corrected chi connectivity index (χ1v) is 9.88. The highest BCUT2D eigenvalue weighted by Crippen LogP contribution is 2.35. The van der Waals surface area contributed by atoms with Crippen LogP contribution in [0.2, 0.25) is 5.15 Å². The van der Waals surface area contributed by atoms with Crippen molar-refractivity contribution in [3.8, 4) is 11.5 Å². The molecule has 6 nitrogen and oxygen atoms in total. The Morgan fingerprint density at radius 2 is 2.00 bits per heavy atom. The highest BCUT2D eigenvalue weighted by atomic mass is 35.5. The minimum atomic E-state index is -4.71. The lowest BCUT2D eigenvalue weighted by Crippen LogP contribution is -2.22. The number of aromatic nitrogens is 3. The van der Waals surface area contributed by atoms with Crippen LogP contribution in [0.25, 0.3) is 22.6 Å². The number of alkyl halides is 3. The van der Waals surface area contributed by atoms with Crippen LogP contribution in [-0.4, -0.2) is 32.4 Å². The number of thioether (sulfide) groups is 1. The molecule has 0 fully saturated rings. The maximum atomic E-state index is 12.7. The Labute approximate surface area is 172 Å². The van der Waals surface area contributed by atoms with Gasteiger partial charge in [0.1, 0.15) is 10.8 Å². The zero-order valence-corrected chi connectivity index (χ0v) is 16.8. The van der Waals surface area contributed by atoms with Crippen molar-refractivity contribution < 1.29 is 22.9 Å². The number of pyridine rings is 1. The van der Waals surface area contributed by atoms with Gasteiger partial charge < -0.3 is 9.45 Å². The van der Waals surface area contributed by atoms with Crippen LogP contribution in [0.15, 0.2) is 40.2 Å². The Bertz CT molecular complexity index is 1120. The molecule has 0 spiro atoms. The van der Waals surface area contributed by atoms with Crippen LogP contribution in [0.3, 0.4) is 0 Å². The Hall–Kier alpha value is -2.30. The first kappa shape index (κ1) is 20.0. The summed E-state index contributed by atoms with van der Waals surface area (Å²) in [6, 6.07) is 8.59. The van der Waals surface area contributed by atoms with E-state index < -0.39 is 18.3 Å². The van der Waals surface area contributed by atoms with Crippen LogP contribution < -0.4 is 0 Å². The van der Waals surface area contributed by atoms with Gasteiger partial charge in [-0.2, -0.15) is 18.1 Å². The molecule has 152 valence electrons. The Balaban J connectivity index is 1.76. The molecular weight excluding hydrogens is 429 g/mol. The fourth-order valence-electron chi connectivity index (χ4n) is 2.93. The third-order valence-electron chi connectivity index (χ3n) is 4.22. The Morgan fingerprint density at radius 3 is 2.69 bits per heavy atom. The lowest BCUT2D eigenvalue weighted by Gasteiger charge is -2.08. The van der Waals surface area contributed by atoms with E-state index in [-0.39, 0.29) is 0 Å². The number of hydrogen-bond donors (Lipinski definition) is 0. The van der Waals surface area contributed by atoms with Crippen molar-refractivity contribution in [1.29, 1.82) is 0 Å².